The molecular weight excluding hydrogens is 340 g/mol. The molecule has 3 rings (SSSR count). The van der Waals surface area contributed by atoms with Crippen molar-refractivity contribution >= 4 is 21.4 Å². The van der Waals surface area contributed by atoms with Crippen LogP contribution in [0, 0.1) is 5.82 Å². The minimum atomic E-state index is -4.34. The number of aryl methyl sites for hydroxylation is 1. The Morgan fingerprint density at radius 2 is 1.75 bits per heavy atom. The first-order valence-electron chi connectivity index (χ1n) is 7.39. The maximum Gasteiger partial charge on any atom is 0.417 e. The highest BCUT2D eigenvalue weighted by Crippen LogP contribution is 2.39. The molecule has 0 bridgehead atoms. The van der Waals surface area contributed by atoms with Gasteiger partial charge in [-0.3, -0.25) is 0 Å². The molecule has 0 atom stereocenters. The zero-order valence-electron chi connectivity index (χ0n) is 12.6. The van der Waals surface area contributed by atoms with Crippen molar-refractivity contribution in [1.82, 2.24) is 0 Å². The molecule has 0 spiro atoms. The molecule has 24 heavy (non-hydrogen) atoms. The second-order valence-electron chi connectivity index (χ2n) is 5.38. The number of fused-ring (bicyclic) bond motifs is 1. The summed E-state index contributed by atoms with van der Waals surface area (Å²) >= 11 is 1.06. The van der Waals surface area contributed by atoms with Gasteiger partial charge in [0.1, 0.15) is 11.6 Å². The fourth-order valence-electron chi connectivity index (χ4n) is 2.44. The summed E-state index contributed by atoms with van der Waals surface area (Å²) < 4.78 is 57.5. The zero-order chi connectivity index (χ0) is 17.2. The van der Waals surface area contributed by atoms with Crippen LogP contribution in [0.15, 0.2) is 47.8 Å². The van der Waals surface area contributed by atoms with E-state index in [1.165, 1.54) is 18.2 Å². The minimum Gasteiger partial charge on any atom is -0.494 e. The molecule has 1 aromatic heterocycles. The van der Waals surface area contributed by atoms with Gasteiger partial charge in [-0.05, 0) is 48.7 Å². The van der Waals surface area contributed by atoms with E-state index in [0.29, 0.717) is 17.1 Å². The molecule has 0 aliphatic heterocycles. The molecule has 126 valence electrons. The smallest absolute Gasteiger partial charge is 0.417 e. The van der Waals surface area contributed by atoms with E-state index in [1.54, 1.807) is 24.3 Å². The predicted molar refractivity (Wildman–Crippen MR) is 87.0 cm³/mol. The van der Waals surface area contributed by atoms with Gasteiger partial charge < -0.3 is 4.74 Å². The molecule has 0 radical (unpaired) electrons. The Morgan fingerprint density at radius 3 is 2.46 bits per heavy atom. The van der Waals surface area contributed by atoms with Crippen LogP contribution in [-0.2, 0) is 12.6 Å². The minimum absolute atomic E-state index is 0.200. The van der Waals surface area contributed by atoms with Crippen molar-refractivity contribution in [3.63, 3.8) is 0 Å². The monoisotopic (exact) mass is 354 g/mol. The highest BCUT2D eigenvalue weighted by atomic mass is 32.1. The number of thiophene rings is 1. The Balaban J connectivity index is 1.59. The van der Waals surface area contributed by atoms with E-state index >= 15 is 0 Å². The SMILES string of the molecule is Fc1ccc(CCCOc2ccc3c(C(F)(F)F)csc3c2)cc1. The van der Waals surface area contributed by atoms with E-state index in [2.05, 4.69) is 0 Å². The Bertz CT molecular complexity index is 821. The van der Waals surface area contributed by atoms with Crippen LogP contribution in [0.5, 0.6) is 5.75 Å². The van der Waals surface area contributed by atoms with Crippen molar-refractivity contribution in [2.45, 2.75) is 19.0 Å². The van der Waals surface area contributed by atoms with E-state index in [1.807, 2.05) is 0 Å². The van der Waals surface area contributed by atoms with Gasteiger partial charge in [0.25, 0.3) is 0 Å². The maximum absolute atomic E-state index is 12.8. The highest BCUT2D eigenvalue weighted by molar-refractivity contribution is 7.17. The molecule has 1 heterocycles. The summed E-state index contributed by atoms with van der Waals surface area (Å²) in [6, 6.07) is 10.9. The van der Waals surface area contributed by atoms with Gasteiger partial charge in [-0.1, -0.05) is 12.1 Å². The molecule has 1 nitrogen and oxygen atoms in total. The van der Waals surface area contributed by atoms with Crippen LogP contribution in [0.4, 0.5) is 17.6 Å². The number of alkyl halides is 3. The lowest BCUT2D eigenvalue weighted by molar-refractivity contribution is -0.136. The molecule has 6 heteroatoms. The van der Waals surface area contributed by atoms with Crippen LogP contribution in [-0.4, -0.2) is 6.61 Å². The summed E-state index contributed by atoms with van der Waals surface area (Å²) in [6.07, 6.45) is -2.85. The van der Waals surface area contributed by atoms with E-state index < -0.39 is 11.7 Å². The molecular formula is C18H14F4OS. The Kier molecular flexibility index (Phi) is 4.76. The van der Waals surface area contributed by atoms with Crippen LogP contribution < -0.4 is 4.74 Å². The lowest BCUT2D eigenvalue weighted by Crippen LogP contribution is -2.03. The van der Waals surface area contributed by atoms with Gasteiger partial charge >= 0.3 is 6.18 Å². The third-order valence-electron chi connectivity index (χ3n) is 3.64. The van der Waals surface area contributed by atoms with Gasteiger partial charge in [0.05, 0.1) is 12.2 Å². The number of hydrogen-bond acceptors (Lipinski definition) is 2. The zero-order valence-corrected chi connectivity index (χ0v) is 13.4. The Hall–Kier alpha value is -2.08. The van der Waals surface area contributed by atoms with Crippen molar-refractivity contribution in [3.05, 3.63) is 64.8 Å². The standard InChI is InChI=1S/C18H14F4OS/c19-13-5-3-12(4-6-13)2-1-9-23-14-7-8-15-16(18(20,21)22)11-24-17(15)10-14/h3-8,10-11H,1-2,9H2. The van der Waals surface area contributed by atoms with Crippen molar-refractivity contribution < 1.29 is 22.3 Å². The summed E-state index contributed by atoms with van der Waals surface area (Å²) in [5, 5.41) is 1.33. The van der Waals surface area contributed by atoms with Gasteiger partial charge in [-0.15, -0.1) is 11.3 Å². The van der Waals surface area contributed by atoms with Crippen LogP contribution in [0.2, 0.25) is 0 Å². The fourth-order valence-corrected chi connectivity index (χ4v) is 3.43. The molecule has 0 fully saturated rings. The van der Waals surface area contributed by atoms with Crippen molar-refractivity contribution in [1.29, 1.82) is 0 Å². The first-order valence-corrected chi connectivity index (χ1v) is 8.27. The molecule has 0 N–H and O–H groups in total. The van der Waals surface area contributed by atoms with Crippen molar-refractivity contribution in [2.75, 3.05) is 6.61 Å². The van der Waals surface area contributed by atoms with E-state index in [9.17, 15) is 17.6 Å². The first kappa shape index (κ1) is 16.8. The third-order valence-corrected chi connectivity index (χ3v) is 4.59. The van der Waals surface area contributed by atoms with Gasteiger partial charge in [0.15, 0.2) is 0 Å². The van der Waals surface area contributed by atoms with Crippen molar-refractivity contribution in [2.24, 2.45) is 0 Å². The fraction of sp³-hybridized carbons (Fsp3) is 0.222. The molecule has 3 aromatic rings. The van der Waals surface area contributed by atoms with E-state index in [4.69, 9.17) is 4.74 Å². The largest absolute Gasteiger partial charge is 0.494 e. The van der Waals surface area contributed by atoms with Gasteiger partial charge in [-0.2, -0.15) is 13.2 Å². The second kappa shape index (κ2) is 6.81. The van der Waals surface area contributed by atoms with Crippen LogP contribution in [0.25, 0.3) is 10.1 Å². The lowest BCUT2D eigenvalue weighted by Gasteiger charge is -2.08. The average Bonchev–Trinajstić information content (AvgIpc) is 2.96. The molecule has 0 aliphatic carbocycles. The quantitative estimate of drug-likeness (QED) is 0.399. The lowest BCUT2D eigenvalue weighted by atomic mass is 10.1. The van der Waals surface area contributed by atoms with Gasteiger partial charge in [0, 0.05) is 15.5 Å². The van der Waals surface area contributed by atoms with Gasteiger partial charge in [-0.25, -0.2) is 4.39 Å². The van der Waals surface area contributed by atoms with E-state index in [0.717, 1.165) is 35.1 Å². The van der Waals surface area contributed by atoms with Crippen LogP contribution in [0.1, 0.15) is 17.5 Å². The number of rotatable bonds is 5. The number of hydrogen-bond donors (Lipinski definition) is 0. The Labute approximate surface area is 140 Å². The third kappa shape index (κ3) is 3.87. The van der Waals surface area contributed by atoms with E-state index in [-0.39, 0.29) is 11.2 Å². The second-order valence-corrected chi connectivity index (χ2v) is 6.29. The molecule has 0 saturated carbocycles. The summed E-state index contributed by atoms with van der Waals surface area (Å²) in [5.41, 5.74) is 0.411. The summed E-state index contributed by atoms with van der Waals surface area (Å²) in [5.74, 6) is 0.287. The first-order chi connectivity index (χ1) is 11.4. The van der Waals surface area contributed by atoms with Crippen LogP contribution in [0.3, 0.4) is 0 Å². The summed E-state index contributed by atoms with van der Waals surface area (Å²) in [7, 11) is 0. The normalized spacial score (nSPS) is 11.8. The predicted octanol–water partition coefficient (Wildman–Crippen LogP) is 6.07. The topological polar surface area (TPSA) is 9.23 Å². The molecule has 0 unspecified atom stereocenters. The number of benzene rings is 2. The Morgan fingerprint density at radius 1 is 1.00 bits per heavy atom. The number of ether oxygens (including phenoxy) is 1. The molecule has 0 aliphatic rings. The highest BCUT2D eigenvalue weighted by Gasteiger charge is 2.33. The molecule has 2 aromatic carbocycles. The average molecular weight is 354 g/mol. The summed E-state index contributed by atoms with van der Waals surface area (Å²) in [4.78, 5) is 0. The van der Waals surface area contributed by atoms with Crippen molar-refractivity contribution in [3.8, 4) is 5.75 Å². The van der Waals surface area contributed by atoms with Crippen LogP contribution >= 0.6 is 11.3 Å². The number of halogens is 4. The summed E-state index contributed by atoms with van der Waals surface area (Å²) in [6.45, 7) is 0.445. The maximum atomic E-state index is 12.8. The molecule has 0 saturated heterocycles. The van der Waals surface area contributed by atoms with Gasteiger partial charge in [0.2, 0.25) is 0 Å². The molecule has 0 amide bonds.